The lowest BCUT2D eigenvalue weighted by atomic mass is 10.3. The highest BCUT2D eigenvalue weighted by Gasteiger charge is 2.02. The smallest absolute Gasteiger partial charge is 0.148 e. The minimum atomic E-state index is -2.87. The van der Waals surface area contributed by atoms with Gasteiger partial charge in [-0.2, -0.15) is 0 Å². The SMILES string of the molecule is CS(=O)(=O)CCNCCn1cnc2ccccc21. The van der Waals surface area contributed by atoms with E-state index in [4.69, 9.17) is 0 Å². The van der Waals surface area contributed by atoms with E-state index in [1.807, 2.05) is 30.6 Å². The molecule has 0 aliphatic carbocycles. The van der Waals surface area contributed by atoms with Gasteiger partial charge in [-0.25, -0.2) is 13.4 Å². The van der Waals surface area contributed by atoms with Crippen molar-refractivity contribution in [2.45, 2.75) is 6.54 Å². The van der Waals surface area contributed by atoms with Crippen LogP contribution in [0.4, 0.5) is 0 Å². The molecule has 98 valence electrons. The molecule has 0 spiro atoms. The molecule has 1 N–H and O–H groups in total. The topological polar surface area (TPSA) is 64.0 Å². The minimum Gasteiger partial charge on any atom is -0.329 e. The molecule has 0 bridgehead atoms. The van der Waals surface area contributed by atoms with Gasteiger partial charge in [0.2, 0.25) is 0 Å². The molecule has 0 radical (unpaired) electrons. The fourth-order valence-electron chi connectivity index (χ4n) is 1.77. The van der Waals surface area contributed by atoms with E-state index < -0.39 is 9.84 Å². The molecule has 0 saturated carbocycles. The van der Waals surface area contributed by atoms with Crippen LogP contribution >= 0.6 is 0 Å². The fraction of sp³-hybridized carbons (Fsp3) is 0.417. The van der Waals surface area contributed by atoms with Gasteiger partial charge in [-0.3, -0.25) is 0 Å². The van der Waals surface area contributed by atoms with Crippen LogP contribution in [0.1, 0.15) is 0 Å². The van der Waals surface area contributed by atoms with Crippen molar-refractivity contribution in [3.63, 3.8) is 0 Å². The number of rotatable bonds is 6. The summed E-state index contributed by atoms with van der Waals surface area (Å²) in [6.45, 7) is 2.01. The molecule has 2 aromatic rings. The Kier molecular flexibility index (Phi) is 3.98. The van der Waals surface area contributed by atoms with Crippen molar-refractivity contribution in [2.75, 3.05) is 25.1 Å². The second-order valence-electron chi connectivity index (χ2n) is 4.31. The molecule has 0 aliphatic heterocycles. The van der Waals surface area contributed by atoms with Crippen LogP contribution in [0.2, 0.25) is 0 Å². The maximum atomic E-state index is 10.9. The minimum absolute atomic E-state index is 0.178. The van der Waals surface area contributed by atoms with Crippen LogP contribution in [0.25, 0.3) is 11.0 Å². The van der Waals surface area contributed by atoms with Gasteiger partial charge in [0.1, 0.15) is 9.84 Å². The molecule has 1 aromatic heterocycles. The predicted molar refractivity (Wildman–Crippen MR) is 72.3 cm³/mol. The van der Waals surface area contributed by atoms with Gasteiger partial charge < -0.3 is 9.88 Å². The van der Waals surface area contributed by atoms with Gasteiger partial charge in [0.05, 0.1) is 23.1 Å². The van der Waals surface area contributed by atoms with Crippen molar-refractivity contribution in [1.29, 1.82) is 0 Å². The first-order chi connectivity index (χ1) is 8.56. The number of fused-ring (bicyclic) bond motifs is 1. The van der Waals surface area contributed by atoms with Crippen LogP contribution in [-0.4, -0.2) is 43.1 Å². The number of imidazole rings is 1. The van der Waals surface area contributed by atoms with Crippen LogP contribution in [-0.2, 0) is 16.4 Å². The molecule has 0 fully saturated rings. The molecule has 0 amide bonds. The van der Waals surface area contributed by atoms with Crippen LogP contribution in [0.3, 0.4) is 0 Å². The molecule has 0 aliphatic rings. The van der Waals surface area contributed by atoms with Crippen molar-refractivity contribution in [2.24, 2.45) is 0 Å². The molecular formula is C12H17N3O2S. The van der Waals surface area contributed by atoms with Gasteiger partial charge >= 0.3 is 0 Å². The first kappa shape index (κ1) is 13.0. The highest BCUT2D eigenvalue weighted by atomic mass is 32.2. The Labute approximate surface area is 107 Å². The van der Waals surface area contributed by atoms with Gasteiger partial charge in [0.25, 0.3) is 0 Å². The third-order valence-corrected chi connectivity index (χ3v) is 3.65. The van der Waals surface area contributed by atoms with Crippen LogP contribution in [0.15, 0.2) is 30.6 Å². The van der Waals surface area contributed by atoms with Crippen molar-refractivity contribution in [1.82, 2.24) is 14.9 Å². The molecule has 5 nitrogen and oxygen atoms in total. The van der Waals surface area contributed by atoms with Crippen molar-refractivity contribution in [3.05, 3.63) is 30.6 Å². The third-order valence-electron chi connectivity index (χ3n) is 2.71. The van der Waals surface area contributed by atoms with E-state index in [2.05, 4.69) is 14.9 Å². The Balaban J connectivity index is 1.84. The quantitative estimate of drug-likeness (QED) is 0.781. The molecule has 0 unspecified atom stereocenters. The maximum Gasteiger partial charge on any atom is 0.148 e. The summed E-state index contributed by atoms with van der Waals surface area (Å²) in [6.07, 6.45) is 3.06. The number of nitrogens with one attached hydrogen (secondary N) is 1. The maximum absolute atomic E-state index is 10.9. The normalized spacial score (nSPS) is 12.1. The molecule has 1 heterocycles. The second-order valence-corrected chi connectivity index (χ2v) is 6.57. The van der Waals surface area contributed by atoms with E-state index in [1.165, 1.54) is 6.26 Å². The molecule has 2 rings (SSSR count). The first-order valence-corrected chi connectivity index (χ1v) is 7.91. The van der Waals surface area contributed by atoms with E-state index in [0.717, 1.165) is 24.1 Å². The zero-order chi connectivity index (χ0) is 13.0. The summed E-state index contributed by atoms with van der Waals surface area (Å²) >= 11 is 0. The third kappa shape index (κ3) is 3.54. The van der Waals surface area contributed by atoms with E-state index in [9.17, 15) is 8.42 Å². The summed E-state index contributed by atoms with van der Waals surface area (Å²) < 4.78 is 23.9. The molecule has 6 heteroatoms. The Morgan fingerprint density at radius 3 is 2.83 bits per heavy atom. The fourth-order valence-corrected chi connectivity index (χ4v) is 2.29. The zero-order valence-corrected chi connectivity index (χ0v) is 11.2. The van der Waals surface area contributed by atoms with Gasteiger partial charge in [-0.05, 0) is 12.1 Å². The highest BCUT2D eigenvalue weighted by molar-refractivity contribution is 7.90. The van der Waals surface area contributed by atoms with Gasteiger partial charge in [0, 0.05) is 25.9 Å². The molecule has 0 saturated heterocycles. The molecule has 0 atom stereocenters. The number of nitrogens with zero attached hydrogens (tertiary/aromatic N) is 2. The number of benzene rings is 1. The average molecular weight is 267 g/mol. The number of sulfone groups is 1. The Morgan fingerprint density at radius 1 is 1.28 bits per heavy atom. The largest absolute Gasteiger partial charge is 0.329 e. The Bertz CT molecular complexity index is 619. The number of hydrogen-bond acceptors (Lipinski definition) is 4. The Morgan fingerprint density at radius 2 is 2.06 bits per heavy atom. The number of hydrogen-bond donors (Lipinski definition) is 1. The first-order valence-electron chi connectivity index (χ1n) is 5.84. The van der Waals surface area contributed by atoms with Crippen LogP contribution < -0.4 is 5.32 Å². The van der Waals surface area contributed by atoms with E-state index in [-0.39, 0.29) is 5.75 Å². The summed E-state index contributed by atoms with van der Waals surface area (Å²) in [5.74, 6) is 0.178. The van der Waals surface area contributed by atoms with E-state index in [1.54, 1.807) is 0 Å². The Hall–Kier alpha value is -1.40. The van der Waals surface area contributed by atoms with Crippen LogP contribution in [0.5, 0.6) is 0 Å². The number of aromatic nitrogens is 2. The van der Waals surface area contributed by atoms with Gasteiger partial charge in [-0.1, -0.05) is 12.1 Å². The summed E-state index contributed by atoms with van der Waals surface area (Å²) in [6, 6.07) is 7.95. The summed E-state index contributed by atoms with van der Waals surface area (Å²) in [7, 11) is -2.87. The highest BCUT2D eigenvalue weighted by Crippen LogP contribution is 2.10. The molecular weight excluding hydrogens is 250 g/mol. The average Bonchev–Trinajstić information content (AvgIpc) is 2.71. The number of para-hydroxylation sites is 2. The van der Waals surface area contributed by atoms with Crippen molar-refractivity contribution >= 4 is 20.9 Å². The predicted octanol–water partition coefficient (Wildman–Crippen LogP) is 0.671. The summed E-state index contributed by atoms with van der Waals surface area (Å²) in [5.41, 5.74) is 2.08. The lowest BCUT2D eigenvalue weighted by Crippen LogP contribution is -2.25. The lowest BCUT2D eigenvalue weighted by Gasteiger charge is -2.05. The standard InChI is InChI=1S/C12H17N3O2S/c1-18(16,17)9-7-13-6-8-15-10-14-11-4-2-3-5-12(11)15/h2-5,10,13H,6-9H2,1H3. The van der Waals surface area contributed by atoms with Gasteiger partial charge in [0.15, 0.2) is 0 Å². The van der Waals surface area contributed by atoms with E-state index >= 15 is 0 Å². The van der Waals surface area contributed by atoms with Crippen LogP contribution in [0, 0.1) is 0 Å². The summed E-state index contributed by atoms with van der Waals surface area (Å²) in [5, 5.41) is 3.12. The molecule has 18 heavy (non-hydrogen) atoms. The van der Waals surface area contributed by atoms with Crippen molar-refractivity contribution in [3.8, 4) is 0 Å². The van der Waals surface area contributed by atoms with Crippen molar-refractivity contribution < 1.29 is 8.42 Å². The lowest BCUT2D eigenvalue weighted by molar-refractivity contribution is 0.589. The molecule has 1 aromatic carbocycles. The zero-order valence-electron chi connectivity index (χ0n) is 10.3. The summed E-state index contributed by atoms with van der Waals surface area (Å²) in [4.78, 5) is 4.30. The van der Waals surface area contributed by atoms with Gasteiger partial charge in [-0.15, -0.1) is 0 Å². The second kappa shape index (κ2) is 5.49. The monoisotopic (exact) mass is 267 g/mol. The van der Waals surface area contributed by atoms with E-state index in [0.29, 0.717) is 6.54 Å².